The molecule has 1 N–H and O–H groups in total. The van der Waals surface area contributed by atoms with E-state index in [2.05, 4.69) is 32.2 Å². The van der Waals surface area contributed by atoms with Gasteiger partial charge in [0.1, 0.15) is 5.76 Å². The highest BCUT2D eigenvalue weighted by atomic mass is 35.5. The highest BCUT2D eigenvalue weighted by Crippen LogP contribution is 2.31. The van der Waals surface area contributed by atoms with E-state index in [1.165, 1.54) is 5.56 Å². The summed E-state index contributed by atoms with van der Waals surface area (Å²) in [4.78, 5) is 0. The van der Waals surface area contributed by atoms with Gasteiger partial charge in [0.15, 0.2) is 5.58 Å². The summed E-state index contributed by atoms with van der Waals surface area (Å²) in [5.74, 6) is 0.949. The number of halogens is 1. The molecule has 0 saturated heterocycles. The molecule has 0 saturated carbocycles. The molecule has 2 nitrogen and oxygen atoms in total. The Hall–Kier alpha value is -0.990. The van der Waals surface area contributed by atoms with Gasteiger partial charge in [-0.15, -0.1) is 0 Å². The molecule has 1 unspecified atom stereocenters. The molecule has 0 bridgehead atoms. The second kappa shape index (κ2) is 5.11. The third kappa shape index (κ3) is 2.48. The van der Waals surface area contributed by atoms with Crippen LogP contribution < -0.4 is 5.32 Å². The van der Waals surface area contributed by atoms with E-state index in [4.69, 9.17) is 16.0 Å². The molecule has 0 aliphatic heterocycles. The fraction of sp³-hybridized carbons (Fsp3) is 0.429. The van der Waals surface area contributed by atoms with Crippen LogP contribution in [0, 0.1) is 6.92 Å². The molecule has 0 spiro atoms. The second-order valence-electron chi connectivity index (χ2n) is 4.43. The number of furan rings is 1. The van der Waals surface area contributed by atoms with Crippen molar-refractivity contribution < 1.29 is 4.42 Å². The molecule has 0 radical (unpaired) electrons. The van der Waals surface area contributed by atoms with E-state index < -0.39 is 0 Å². The summed E-state index contributed by atoms with van der Waals surface area (Å²) >= 11 is 6.14. The quantitative estimate of drug-likeness (QED) is 0.868. The van der Waals surface area contributed by atoms with Crippen LogP contribution in [-0.2, 0) is 0 Å². The Balaban J connectivity index is 2.37. The van der Waals surface area contributed by atoms with Gasteiger partial charge in [-0.3, -0.25) is 0 Å². The SMILES string of the molecule is CCCNC(C)c1cc2c(C)ccc(Cl)c2o1. The second-order valence-corrected chi connectivity index (χ2v) is 4.84. The Bertz CT molecular complexity index is 479. The van der Waals surface area contributed by atoms with E-state index in [0.717, 1.165) is 29.7 Å². The minimum atomic E-state index is 0.220. The Kier molecular flexibility index (Phi) is 3.75. The zero-order valence-corrected chi connectivity index (χ0v) is 11.3. The van der Waals surface area contributed by atoms with Crippen molar-refractivity contribution in [3.63, 3.8) is 0 Å². The summed E-state index contributed by atoms with van der Waals surface area (Å²) in [6.07, 6.45) is 1.12. The monoisotopic (exact) mass is 251 g/mol. The van der Waals surface area contributed by atoms with Crippen molar-refractivity contribution in [1.82, 2.24) is 5.32 Å². The zero-order valence-electron chi connectivity index (χ0n) is 10.5. The molecular weight excluding hydrogens is 234 g/mol. The molecule has 1 aromatic carbocycles. The van der Waals surface area contributed by atoms with Gasteiger partial charge in [0.25, 0.3) is 0 Å². The van der Waals surface area contributed by atoms with E-state index in [1.54, 1.807) is 0 Å². The van der Waals surface area contributed by atoms with E-state index >= 15 is 0 Å². The third-order valence-corrected chi connectivity index (χ3v) is 3.30. The average Bonchev–Trinajstić information content (AvgIpc) is 2.77. The van der Waals surface area contributed by atoms with E-state index in [1.807, 2.05) is 12.1 Å². The standard InChI is InChI=1S/C14H18ClNO/c1-4-7-16-10(3)13-8-11-9(2)5-6-12(15)14(11)17-13/h5-6,8,10,16H,4,7H2,1-3H3. The molecule has 2 rings (SSSR count). The molecule has 3 heteroatoms. The lowest BCUT2D eigenvalue weighted by molar-refractivity contribution is 0.452. The van der Waals surface area contributed by atoms with Crippen LogP contribution >= 0.6 is 11.6 Å². The van der Waals surface area contributed by atoms with Crippen molar-refractivity contribution in [3.8, 4) is 0 Å². The van der Waals surface area contributed by atoms with E-state index in [-0.39, 0.29) is 6.04 Å². The topological polar surface area (TPSA) is 25.2 Å². The number of fused-ring (bicyclic) bond motifs is 1. The Labute approximate surface area is 107 Å². The molecule has 17 heavy (non-hydrogen) atoms. The molecule has 0 aliphatic carbocycles. The summed E-state index contributed by atoms with van der Waals surface area (Å²) in [7, 11) is 0. The van der Waals surface area contributed by atoms with Crippen molar-refractivity contribution in [1.29, 1.82) is 0 Å². The highest BCUT2D eigenvalue weighted by molar-refractivity contribution is 6.34. The number of benzene rings is 1. The van der Waals surface area contributed by atoms with E-state index in [0.29, 0.717) is 5.02 Å². The average molecular weight is 252 g/mol. The normalized spacial score (nSPS) is 13.2. The summed E-state index contributed by atoms with van der Waals surface area (Å²) in [6.45, 7) is 7.32. The number of nitrogens with one attached hydrogen (secondary N) is 1. The maximum absolute atomic E-state index is 6.14. The van der Waals surface area contributed by atoms with Crippen molar-refractivity contribution in [2.75, 3.05) is 6.54 Å². The number of rotatable bonds is 4. The summed E-state index contributed by atoms with van der Waals surface area (Å²) < 4.78 is 5.84. The lowest BCUT2D eigenvalue weighted by atomic mass is 10.1. The first-order valence-corrected chi connectivity index (χ1v) is 6.43. The van der Waals surface area contributed by atoms with Gasteiger partial charge in [-0.1, -0.05) is 24.6 Å². The molecule has 1 heterocycles. The van der Waals surface area contributed by atoms with Crippen LogP contribution in [0.4, 0.5) is 0 Å². The van der Waals surface area contributed by atoms with Gasteiger partial charge >= 0.3 is 0 Å². The number of aryl methyl sites for hydroxylation is 1. The Morgan fingerprint density at radius 1 is 1.41 bits per heavy atom. The zero-order chi connectivity index (χ0) is 12.4. The molecule has 0 fully saturated rings. The minimum absolute atomic E-state index is 0.220. The summed E-state index contributed by atoms with van der Waals surface area (Å²) in [5, 5.41) is 5.20. The van der Waals surface area contributed by atoms with Crippen LogP contribution in [0.1, 0.15) is 37.6 Å². The van der Waals surface area contributed by atoms with E-state index in [9.17, 15) is 0 Å². The Morgan fingerprint density at radius 2 is 2.18 bits per heavy atom. The Morgan fingerprint density at radius 3 is 2.82 bits per heavy atom. The van der Waals surface area contributed by atoms with Gasteiger partial charge in [0, 0.05) is 5.39 Å². The van der Waals surface area contributed by atoms with Crippen molar-refractivity contribution in [2.45, 2.75) is 33.2 Å². The maximum atomic E-state index is 6.14. The molecule has 1 atom stereocenters. The minimum Gasteiger partial charge on any atom is -0.458 e. The molecule has 2 aromatic rings. The van der Waals surface area contributed by atoms with Gasteiger partial charge in [0.2, 0.25) is 0 Å². The first-order valence-electron chi connectivity index (χ1n) is 6.05. The number of hydrogen-bond donors (Lipinski definition) is 1. The predicted molar refractivity (Wildman–Crippen MR) is 72.7 cm³/mol. The van der Waals surface area contributed by atoms with Gasteiger partial charge in [-0.25, -0.2) is 0 Å². The molecule has 0 amide bonds. The highest BCUT2D eigenvalue weighted by Gasteiger charge is 2.13. The smallest absolute Gasteiger partial charge is 0.153 e. The van der Waals surface area contributed by atoms with Gasteiger partial charge in [0.05, 0.1) is 11.1 Å². The van der Waals surface area contributed by atoms with Crippen LogP contribution in [0.25, 0.3) is 11.0 Å². The largest absolute Gasteiger partial charge is 0.458 e. The lowest BCUT2D eigenvalue weighted by Gasteiger charge is -2.09. The van der Waals surface area contributed by atoms with Crippen molar-refractivity contribution >= 4 is 22.6 Å². The molecule has 1 aromatic heterocycles. The van der Waals surface area contributed by atoms with Crippen molar-refractivity contribution in [3.05, 3.63) is 34.5 Å². The number of hydrogen-bond acceptors (Lipinski definition) is 2. The van der Waals surface area contributed by atoms with Crippen LogP contribution in [0.3, 0.4) is 0 Å². The van der Waals surface area contributed by atoms with Crippen LogP contribution in [0.5, 0.6) is 0 Å². The molecule has 0 aliphatic rings. The first kappa shape index (κ1) is 12.5. The molecular formula is C14H18ClNO. The van der Waals surface area contributed by atoms with Crippen LogP contribution in [0.15, 0.2) is 22.6 Å². The maximum Gasteiger partial charge on any atom is 0.153 e. The fourth-order valence-electron chi connectivity index (χ4n) is 1.92. The van der Waals surface area contributed by atoms with Gasteiger partial charge in [-0.05, 0) is 44.5 Å². The van der Waals surface area contributed by atoms with Gasteiger partial charge < -0.3 is 9.73 Å². The molecule has 92 valence electrons. The summed E-state index contributed by atoms with van der Waals surface area (Å²) in [6, 6.07) is 6.21. The summed E-state index contributed by atoms with van der Waals surface area (Å²) in [5.41, 5.74) is 1.99. The first-order chi connectivity index (χ1) is 8.13. The van der Waals surface area contributed by atoms with Crippen LogP contribution in [-0.4, -0.2) is 6.54 Å². The van der Waals surface area contributed by atoms with Gasteiger partial charge in [-0.2, -0.15) is 0 Å². The van der Waals surface area contributed by atoms with Crippen molar-refractivity contribution in [2.24, 2.45) is 0 Å². The predicted octanol–water partition coefficient (Wildman–Crippen LogP) is 4.46. The van der Waals surface area contributed by atoms with Crippen LogP contribution in [0.2, 0.25) is 5.02 Å². The fourth-order valence-corrected chi connectivity index (χ4v) is 2.12. The third-order valence-electron chi connectivity index (χ3n) is 3.00. The lowest BCUT2D eigenvalue weighted by Crippen LogP contribution is -2.18.